The van der Waals surface area contributed by atoms with Crippen LogP contribution >= 0.6 is 0 Å². The number of alkyl halides is 3. The molecule has 1 aromatic rings. The van der Waals surface area contributed by atoms with E-state index in [1.807, 2.05) is 6.92 Å². The molecule has 2 rings (SSSR count). The lowest BCUT2D eigenvalue weighted by Gasteiger charge is -2.18. The third kappa shape index (κ3) is 2.92. The maximum atomic E-state index is 12.6. The fraction of sp³-hybridized carbons (Fsp3) is 0.500. The Morgan fingerprint density at radius 3 is 2.26 bits per heavy atom. The molecule has 0 aromatic heterocycles. The highest BCUT2D eigenvalue weighted by Crippen LogP contribution is 2.35. The van der Waals surface area contributed by atoms with Gasteiger partial charge in [-0.05, 0) is 25.5 Å². The number of halogens is 3. The zero-order valence-electron chi connectivity index (χ0n) is 10.3. The molecule has 1 aromatic carbocycles. The fourth-order valence-electron chi connectivity index (χ4n) is 2.07. The van der Waals surface area contributed by atoms with E-state index < -0.39 is 28.7 Å². The van der Waals surface area contributed by atoms with E-state index in [2.05, 4.69) is 0 Å². The quantitative estimate of drug-likeness (QED) is 0.840. The van der Waals surface area contributed by atoms with Crippen LogP contribution in [0, 0.1) is 12.8 Å². The van der Waals surface area contributed by atoms with Gasteiger partial charge in [0, 0.05) is 13.1 Å². The predicted molar refractivity (Wildman–Crippen MR) is 64.1 cm³/mol. The van der Waals surface area contributed by atoms with E-state index in [0.717, 1.165) is 9.87 Å². The van der Waals surface area contributed by atoms with Crippen molar-refractivity contribution in [2.24, 2.45) is 5.92 Å². The summed E-state index contributed by atoms with van der Waals surface area (Å²) in [5.74, 6) is -1.56. The van der Waals surface area contributed by atoms with Gasteiger partial charge in [0.15, 0.2) is 0 Å². The number of benzene rings is 1. The molecule has 1 unspecified atom stereocenters. The standard InChI is InChI=1S/C12H14F3NO2S/c1-9-2-4-11(5-3-9)19(17,18)16-7-6-10(8-16)12(13,14)15/h2-5,10H,6-8H2,1H3. The first-order chi connectivity index (χ1) is 8.71. The van der Waals surface area contributed by atoms with E-state index in [-0.39, 0.29) is 17.9 Å². The molecule has 0 radical (unpaired) electrons. The summed E-state index contributed by atoms with van der Waals surface area (Å²) >= 11 is 0. The van der Waals surface area contributed by atoms with Crippen molar-refractivity contribution in [3.8, 4) is 0 Å². The van der Waals surface area contributed by atoms with Crippen molar-refractivity contribution in [2.45, 2.75) is 24.4 Å². The van der Waals surface area contributed by atoms with E-state index in [9.17, 15) is 21.6 Å². The lowest BCUT2D eigenvalue weighted by Crippen LogP contribution is -2.32. The van der Waals surface area contributed by atoms with Crippen LogP contribution in [0.1, 0.15) is 12.0 Å². The van der Waals surface area contributed by atoms with Crippen molar-refractivity contribution in [3.63, 3.8) is 0 Å². The van der Waals surface area contributed by atoms with Crippen molar-refractivity contribution in [3.05, 3.63) is 29.8 Å². The smallest absolute Gasteiger partial charge is 0.207 e. The molecule has 3 nitrogen and oxygen atoms in total. The molecule has 0 N–H and O–H groups in total. The maximum absolute atomic E-state index is 12.6. The Kier molecular flexibility index (Phi) is 3.61. The van der Waals surface area contributed by atoms with Gasteiger partial charge in [-0.2, -0.15) is 17.5 Å². The zero-order chi connectivity index (χ0) is 14.3. The van der Waals surface area contributed by atoms with Crippen LogP contribution in [-0.4, -0.2) is 32.0 Å². The molecular formula is C12H14F3NO2S. The lowest BCUT2D eigenvalue weighted by atomic mass is 10.1. The molecule has 106 valence electrons. The van der Waals surface area contributed by atoms with E-state index in [1.54, 1.807) is 12.1 Å². The lowest BCUT2D eigenvalue weighted by molar-refractivity contribution is -0.169. The first-order valence-corrected chi connectivity index (χ1v) is 7.29. The van der Waals surface area contributed by atoms with Crippen LogP contribution in [0.3, 0.4) is 0 Å². The van der Waals surface area contributed by atoms with Crippen LogP contribution in [0.2, 0.25) is 0 Å². The van der Waals surface area contributed by atoms with Crippen molar-refractivity contribution >= 4 is 10.0 Å². The molecule has 1 aliphatic rings. The Balaban J connectivity index is 2.21. The summed E-state index contributed by atoms with van der Waals surface area (Å²) in [5.41, 5.74) is 0.897. The van der Waals surface area contributed by atoms with Crippen LogP contribution in [-0.2, 0) is 10.0 Å². The Bertz CT molecular complexity index is 551. The molecule has 19 heavy (non-hydrogen) atoms. The van der Waals surface area contributed by atoms with Crippen LogP contribution in [0.25, 0.3) is 0 Å². The van der Waals surface area contributed by atoms with E-state index in [4.69, 9.17) is 0 Å². The number of rotatable bonds is 2. The maximum Gasteiger partial charge on any atom is 0.393 e. The zero-order valence-corrected chi connectivity index (χ0v) is 11.1. The Hall–Kier alpha value is -1.08. The summed E-state index contributed by atoms with van der Waals surface area (Å²) in [6, 6.07) is 6.10. The molecule has 1 atom stereocenters. The Morgan fingerprint density at radius 2 is 1.79 bits per heavy atom. The van der Waals surface area contributed by atoms with Gasteiger partial charge in [-0.3, -0.25) is 0 Å². The minimum absolute atomic E-state index is 0.0425. The Morgan fingerprint density at radius 1 is 1.21 bits per heavy atom. The molecule has 1 heterocycles. The highest BCUT2D eigenvalue weighted by molar-refractivity contribution is 7.89. The highest BCUT2D eigenvalue weighted by atomic mass is 32.2. The predicted octanol–water partition coefficient (Wildman–Crippen LogP) is 2.57. The summed E-state index contributed by atoms with van der Waals surface area (Å²) in [4.78, 5) is 0.0425. The third-order valence-corrected chi connectivity index (χ3v) is 5.15. The van der Waals surface area contributed by atoms with E-state index >= 15 is 0 Å². The highest BCUT2D eigenvalue weighted by Gasteiger charge is 2.46. The second-order valence-electron chi connectivity index (χ2n) is 4.70. The van der Waals surface area contributed by atoms with Gasteiger partial charge < -0.3 is 0 Å². The largest absolute Gasteiger partial charge is 0.393 e. The van der Waals surface area contributed by atoms with Crippen molar-refractivity contribution in [2.75, 3.05) is 13.1 Å². The van der Waals surface area contributed by atoms with Crippen molar-refractivity contribution < 1.29 is 21.6 Å². The summed E-state index contributed by atoms with van der Waals surface area (Å²) < 4.78 is 62.9. The average Bonchev–Trinajstić information content (AvgIpc) is 2.79. The molecule has 0 bridgehead atoms. The van der Waals surface area contributed by atoms with Crippen LogP contribution in [0.5, 0.6) is 0 Å². The molecule has 7 heteroatoms. The normalized spacial score (nSPS) is 21.8. The molecule has 0 amide bonds. The summed E-state index contributed by atoms with van der Waals surface area (Å²) in [6.07, 6.45) is -4.51. The topological polar surface area (TPSA) is 37.4 Å². The van der Waals surface area contributed by atoms with Gasteiger partial charge in [0.25, 0.3) is 0 Å². The number of aryl methyl sites for hydroxylation is 1. The van der Waals surface area contributed by atoms with Gasteiger partial charge in [-0.15, -0.1) is 0 Å². The summed E-state index contributed by atoms with van der Waals surface area (Å²) in [7, 11) is -3.82. The minimum atomic E-state index is -4.34. The molecule has 0 aliphatic carbocycles. The number of sulfonamides is 1. The molecule has 0 saturated carbocycles. The van der Waals surface area contributed by atoms with Gasteiger partial charge in [0.1, 0.15) is 0 Å². The van der Waals surface area contributed by atoms with Crippen molar-refractivity contribution in [1.29, 1.82) is 0 Å². The number of hydrogen-bond donors (Lipinski definition) is 0. The van der Waals surface area contributed by atoms with Gasteiger partial charge in [-0.1, -0.05) is 17.7 Å². The average molecular weight is 293 g/mol. The van der Waals surface area contributed by atoms with Crippen LogP contribution < -0.4 is 0 Å². The van der Waals surface area contributed by atoms with Gasteiger partial charge >= 0.3 is 6.18 Å². The molecule has 0 spiro atoms. The number of hydrogen-bond acceptors (Lipinski definition) is 2. The van der Waals surface area contributed by atoms with Crippen LogP contribution in [0.4, 0.5) is 13.2 Å². The van der Waals surface area contributed by atoms with E-state index in [0.29, 0.717) is 0 Å². The first-order valence-electron chi connectivity index (χ1n) is 5.85. The monoisotopic (exact) mass is 293 g/mol. The first kappa shape index (κ1) is 14.3. The third-order valence-electron chi connectivity index (χ3n) is 3.27. The summed E-state index contributed by atoms with van der Waals surface area (Å²) in [5, 5.41) is 0. The van der Waals surface area contributed by atoms with Gasteiger partial charge in [-0.25, -0.2) is 8.42 Å². The van der Waals surface area contributed by atoms with Crippen LogP contribution in [0.15, 0.2) is 29.2 Å². The molecule has 1 aliphatic heterocycles. The molecular weight excluding hydrogens is 279 g/mol. The fourth-order valence-corrected chi connectivity index (χ4v) is 3.57. The van der Waals surface area contributed by atoms with Crippen molar-refractivity contribution in [1.82, 2.24) is 4.31 Å². The Labute approximate surface area is 110 Å². The SMILES string of the molecule is Cc1ccc(S(=O)(=O)N2CCC(C(F)(F)F)C2)cc1. The number of nitrogens with zero attached hydrogens (tertiary/aromatic N) is 1. The molecule has 1 saturated heterocycles. The second-order valence-corrected chi connectivity index (χ2v) is 6.64. The summed E-state index contributed by atoms with van der Waals surface area (Å²) in [6.45, 7) is 1.24. The second kappa shape index (κ2) is 4.79. The molecule has 1 fully saturated rings. The van der Waals surface area contributed by atoms with Gasteiger partial charge in [0.05, 0.1) is 10.8 Å². The minimum Gasteiger partial charge on any atom is -0.207 e. The van der Waals surface area contributed by atoms with Gasteiger partial charge in [0.2, 0.25) is 10.0 Å². The van der Waals surface area contributed by atoms with E-state index in [1.165, 1.54) is 12.1 Å².